The SMILES string of the molecule is COCCN(CCO)S(=O)(=O)c1n[nH]c(C)c1C(=O)O. The van der Waals surface area contributed by atoms with Crippen LogP contribution in [0.2, 0.25) is 0 Å². The summed E-state index contributed by atoms with van der Waals surface area (Å²) in [6.45, 7) is 0.960. The number of nitrogens with one attached hydrogen (secondary N) is 1. The molecule has 9 nitrogen and oxygen atoms in total. The molecule has 1 rings (SSSR count). The molecular formula is C10H17N3O6S. The zero-order valence-electron chi connectivity index (χ0n) is 11.2. The number of methoxy groups -OCH3 is 1. The van der Waals surface area contributed by atoms with Crippen LogP contribution in [0.5, 0.6) is 0 Å². The van der Waals surface area contributed by atoms with Gasteiger partial charge in [-0.1, -0.05) is 0 Å². The van der Waals surface area contributed by atoms with Gasteiger partial charge in [0, 0.05) is 25.9 Å². The quantitative estimate of drug-likeness (QED) is 0.563. The summed E-state index contributed by atoms with van der Waals surface area (Å²) in [5, 5.41) is 23.4. The molecule has 1 heterocycles. The van der Waals surface area contributed by atoms with Crippen molar-refractivity contribution < 1.29 is 28.2 Å². The van der Waals surface area contributed by atoms with E-state index in [1.165, 1.54) is 14.0 Å². The zero-order valence-corrected chi connectivity index (χ0v) is 12.0. The summed E-state index contributed by atoms with van der Waals surface area (Å²) in [4.78, 5) is 11.1. The van der Waals surface area contributed by atoms with Gasteiger partial charge in [-0.3, -0.25) is 5.10 Å². The van der Waals surface area contributed by atoms with Gasteiger partial charge < -0.3 is 14.9 Å². The Morgan fingerprint density at radius 3 is 2.60 bits per heavy atom. The molecule has 10 heteroatoms. The van der Waals surface area contributed by atoms with E-state index < -0.39 is 33.2 Å². The molecule has 0 unspecified atom stereocenters. The predicted molar refractivity (Wildman–Crippen MR) is 68.0 cm³/mol. The van der Waals surface area contributed by atoms with Gasteiger partial charge in [0.2, 0.25) is 5.03 Å². The average molecular weight is 307 g/mol. The highest BCUT2D eigenvalue weighted by molar-refractivity contribution is 7.89. The first kappa shape index (κ1) is 16.6. The first-order valence-electron chi connectivity index (χ1n) is 5.74. The number of carbonyl (C=O) groups is 1. The maximum atomic E-state index is 12.4. The van der Waals surface area contributed by atoms with Crippen LogP contribution in [-0.4, -0.2) is 72.5 Å². The van der Waals surface area contributed by atoms with E-state index in [4.69, 9.17) is 14.9 Å². The van der Waals surface area contributed by atoms with Gasteiger partial charge in [-0.05, 0) is 6.92 Å². The first-order chi connectivity index (χ1) is 9.36. The molecule has 0 atom stereocenters. The molecule has 0 spiro atoms. The minimum absolute atomic E-state index is 0.00956. The van der Waals surface area contributed by atoms with Crippen LogP contribution in [0.4, 0.5) is 0 Å². The Labute approximate surface area is 116 Å². The van der Waals surface area contributed by atoms with Crippen molar-refractivity contribution in [2.45, 2.75) is 11.9 Å². The number of H-pyrrole nitrogens is 1. The summed E-state index contributed by atoms with van der Waals surface area (Å²) in [6, 6.07) is 0. The van der Waals surface area contributed by atoms with E-state index in [-0.39, 0.29) is 25.4 Å². The van der Waals surface area contributed by atoms with E-state index in [1.807, 2.05) is 0 Å². The van der Waals surface area contributed by atoms with Gasteiger partial charge in [0.25, 0.3) is 10.0 Å². The Hall–Kier alpha value is -1.49. The molecule has 0 aromatic carbocycles. The molecule has 114 valence electrons. The summed E-state index contributed by atoms with van der Waals surface area (Å²) in [7, 11) is -2.71. The second-order valence-corrected chi connectivity index (χ2v) is 5.81. The molecule has 0 aliphatic carbocycles. The van der Waals surface area contributed by atoms with E-state index >= 15 is 0 Å². The third kappa shape index (κ3) is 3.33. The maximum Gasteiger partial charge on any atom is 0.340 e. The molecule has 0 fully saturated rings. The second-order valence-electron chi connectivity index (χ2n) is 3.95. The van der Waals surface area contributed by atoms with Crippen molar-refractivity contribution in [2.75, 3.05) is 33.4 Å². The van der Waals surface area contributed by atoms with Crippen molar-refractivity contribution in [3.8, 4) is 0 Å². The highest BCUT2D eigenvalue weighted by Crippen LogP contribution is 2.20. The van der Waals surface area contributed by atoms with Crippen LogP contribution < -0.4 is 0 Å². The molecule has 0 saturated carbocycles. The summed E-state index contributed by atoms with van der Waals surface area (Å²) in [5.74, 6) is -1.38. The molecule has 0 bridgehead atoms. The maximum absolute atomic E-state index is 12.4. The molecule has 0 amide bonds. The highest BCUT2D eigenvalue weighted by atomic mass is 32.2. The Balaban J connectivity index is 3.22. The third-order valence-electron chi connectivity index (χ3n) is 2.61. The number of aliphatic hydroxyl groups is 1. The monoisotopic (exact) mass is 307 g/mol. The van der Waals surface area contributed by atoms with Crippen LogP contribution in [0.15, 0.2) is 5.03 Å². The van der Waals surface area contributed by atoms with Gasteiger partial charge in [-0.2, -0.15) is 9.40 Å². The van der Waals surface area contributed by atoms with Crippen molar-refractivity contribution >= 4 is 16.0 Å². The predicted octanol–water partition coefficient (Wildman–Crippen LogP) is -0.954. The first-order valence-corrected chi connectivity index (χ1v) is 7.18. The number of aromatic amines is 1. The number of hydrogen-bond acceptors (Lipinski definition) is 6. The molecule has 0 radical (unpaired) electrons. The number of aromatic nitrogens is 2. The number of carboxylic acids is 1. The van der Waals surface area contributed by atoms with Crippen molar-refractivity contribution in [1.82, 2.24) is 14.5 Å². The van der Waals surface area contributed by atoms with Crippen molar-refractivity contribution in [3.63, 3.8) is 0 Å². The Morgan fingerprint density at radius 1 is 1.45 bits per heavy atom. The molecular weight excluding hydrogens is 290 g/mol. The molecule has 1 aromatic heterocycles. The van der Waals surface area contributed by atoms with E-state index in [9.17, 15) is 13.2 Å². The van der Waals surface area contributed by atoms with E-state index in [0.29, 0.717) is 0 Å². The lowest BCUT2D eigenvalue weighted by Gasteiger charge is -2.19. The number of aromatic carboxylic acids is 1. The van der Waals surface area contributed by atoms with Crippen LogP contribution in [0.25, 0.3) is 0 Å². The number of rotatable bonds is 8. The number of aryl methyl sites for hydroxylation is 1. The van der Waals surface area contributed by atoms with Crippen LogP contribution >= 0.6 is 0 Å². The number of sulfonamides is 1. The van der Waals surface area contributed by atoms with Crippen molar-refractivity contribution in [2.24, 2.45) is 0 Å². The average Bonchev–Trinajstić information content (AvgIpc) is 2.77. The van der Waals surface area contributed by atoms with Gasteiger partial charge in [-0.15, -0.1) is 0 Å². The normalized spacial score (nSPS) is 12.0. The minimum Gasteiger partial charge on any atom is -0.478 e. The fraction of sp³-hybridized carbons (Fsp3) is 0.600. The van der Waals surface area contributed by atoms with E-state index in [1.54, 1.807) is 0 Å². The van der Waals surface area contributed by atoms with Crippen molar-refractivity contribution in [1.29, 1.82) is 0 Å². The zero-order chi connectivity index (χ0) is 15.3. The Morgan fingerprint density at radius 2 is 2.10 bits per heavy atom. The van der Waals surface area contributed by atoms with Crippen LogP contribution in [-0.2, 0) is 14.8 Å². The molecule has 1 aromatic rings. The van der Waals surface area contributed by atoms with Gasteiger partial charge in [0.05, 0.1) is 13.2 Å². The van der Waals surface area contributed by atoms with Crippen LogP contribution in [0, 0.1) is 6.92 Å². The van der Waals surface area contributed by atoms with E-state index in [0.717, 1.165) is 4.31 Å². The number of carboxylic acid groups (broad SMARTS) is 1. The summed E-state index contributed by atoms with van der Waals surface area (Å²) in [6.07, 6.45) is 0. The van der Waals surface area contributed by atoms with Gasteiger partial charge in [-0.25, -0.2) is 13.2 Å². The van der Waals surface area contributed by atoms with Crippen LogP contribution in [0.1, 0.15) is 16.1 Å². The smallest absolute Gasteiger partial charge is 0.340 e. The van der Waals surface area contributed by atoms with Crippen LogP contribution in [0.3, 0.4) is 0 Å². The summed E-state index contributed by atoms with van der Waals surface area (Å²) in [5.41, 5.74) is -0.253. The lowest BCUT2D eigenvalue weighted by atomic mass is 10.3. The Bertz CT molecular complexity index is 568. The number of aliphatic hydroxyl groups excluding tert-OH is 1. The second kappa shape index (κ2) is 6.79. The fourth-order valence-electron chi connectivity index (χ4n) is 1.62. The molecule has 3 N–H and O–H groups in total. The Kier molecular flexibility index (Phi) is 5.62. The molecule has 20 heavy (non-hydrogen) atoms. The van der Waals surface area contributed by atoms with Gasteiger partial charge in [0.15, 0.2) is 0 Å². The highest BCUT2D eigenvalue weighted by Gasteiger charge is 2.32. The summed E-state index contributed by atoms with van der Waals surface area (Å²) >= 11 is 0. The lowest BCUT2D eigenvalue weighted by Crippen LogP contribution is -2.37. The van der Waals surface area contributed by atoms with Crippen molar-refractivity contribution in [3.05, 3.63) is 11.3 Å². The number of nitrogens with zero attached hydrogens (tertiary/aromatic N) is 2. The number of ether oxygens (including phenoxy) is 1. The largest absolute Gasteiger partial charge is 0.478 e. The summed E-state index contributed by atoms with van der Waals surface area (Å²) < 4.78 is 30.5. The number of hydrogen-bond donors (Lipinski definition) is 3. The lowest BCUT2D eigenvalue weighted by molar-refractivity contribution is 0.0691. The van der Waals surface area contributed by atoms with Gasteiger partial charge >= 0.3 is 5.97 Å². The fourth-order valence-corrected chi connectivity index (χ4v) is 3.17. The third-order valence-corrected chi connectivity index (χ3v) is 4.44. The minimum atomic E-state index is -4.12. The molecule has 0 aliphatic rings. The standard InChI is InChI=1S/C10H17N3O6S/c1-7-8(10(15)16)9(12-11-7)20(17,18)13(3-5-14)4-6-19-2/h14H,3-6H2,1-2H3,(H,11,12)(H,15,16). The topological polar surface area (TPSA) is 133 Å². The molecule has 0 saturated heterocycles. The molecule has 0 aliphatic heterocycles. The van der Waals surface area contributed by atoms with E-state index in [2.05, 4.69) is 10.2 Å². The van der Waals surface area contributed by atoms with Gasteiger partial charge in [0.1, 0.15) is 5.56 Å².